The lowest BCUT2D eigenvalue weighted by Crippen LogP contribution is -2.30. The molecule has 90 valence electrons. The van der Waals surface area contributed by atoms with Crippen molar-refractivity contribution in [3.8, 4) is 0 Å². The predicted molar refractivity (Wildman–Crippen MR) is 64.5 cm³/mol. The normalized spacial score (nSPS) is 13.6. The van der Waals surface area contributed by atoms with Crippen LogP contribution in [0, 0.1) is 0 Å². The van der Waals surface area contributed by atoms with E-state index in [1.807, 2.05) is 6.92 Å². The topological polar surface area (TPSA) is 72.2 Å². The number of benzene rings is 1. The predicted octanol–water partition coefficient (Wildman–Crippen LogP) is 1.09. The fourth-order valence-electron chi connectivity index (χ4n) is 1.27. The lowest BCUT2D eigenvalue weighted by atomic mass is 10.2. The molecule has 5 heteroatoms. The maximum atomic E-state index is 11.8. The van der Waals surface area contributed by atoms with Crippen LogP contribution >= 0.6 is 0 Å². The van der Waals surface area contributed by atoms with E-state index in [0.29, 0.717) is 17.9 Å². The van der Waals surface area contributed by atoms with Crippen molar-refractivity contribution in [3.63, 3.8) is 0 Å². The summed E-state index contributed by atoms with van der Waals surface area (Å²) in [5.41, 5.74) is 5.71. The zero-order valence-corrected chi connectivity index (χ0v) is 10.2. The molecule has 1 rings (SSSR count). The van der Waals surface area contributed by atoms with Crippen LogP contribution in [0.25, 0.3) is 0 Å². The number of sulfonamides is 1. The third kappa shape index (κ3) is 3.92. The molecule has 0 aromatic heterocycles. The quantitative estimate of drug-likeness (QED) is 0.784. The summed E-state index contributed by atoms with van der Waals surface area (Å²) in [6.45, 7) is 2.36. The van der Waals surface area contributed by atoms with Crippen molar-refractivity contribution in [2.45, 2.75) is 30.7 Å². The van der Waals surface area contributed by atoms with E-state index in [1.165, 1.54) is 0 Å². The summed E-state index contributed by atoms with van der Waals surface area (Å²) in [6.07, 6.45) is 1.51. The molecule has 0 aliphatic heterocycles. The van der Waals surface area contributed by atoms with Crippen molar-refractivity contribution >= 4 is 10.0 Å². The van der Waals surface area contributed by atoms with Gasteiger partial charge in [0.25, 0.3) is 0 Å². The van der Waals surface area contributed by atoms with Crippen LogP contribution in [-0.4, -0.2) is 21.0 Å². The molecule has 0 fully saturated rings. The monoisotopic (exact) mass is 242 g/mol. The lowest BCUT2D eigenvalue weighted by Gasteiger charge is -2.10. The van der Waals surface area contributed by atoms with Gasteiger partial charge in [-0.25, -0.2) is 13.1 Å². The van der Waals surface area contributed by atoms with Crippen molar-refractivity contribution < 1.29 is 8.42 Å². The highest BCUT2D eigenvalue weighted by molar-refractivity contribution is 7.89. The second-order valence-corrected chi connectivity index (χ2v) is 5.43. The van der Waals surface area contributed by atoms with Gasteiger partial charge < -0.3 is 5.73 Å². The average molecular weight is 242 g/mol. The highest BCUT2D eigenvalue weighted by Gasteiger charge is 2.12. The number of hydrogen-bond donors (Lipinski definition) is 2. The van der Waals surface area contributed by atoms with Gasteiger partial charge >= 0.3 is 0 Å². The van der Waals surface area contributed by atoms with Gasteiger partial charge in [-0.2, -0.15) is 0 Å². The van der Waals surface area contributed by atoms with Crippen molar-refractivity contribution in [1.82, 2.24) is 4.72 Å². The molecule has 16 heavy (non-hydrogen) atoms. The van der Waals surface area contributed by atoms with Gasteiger partial charge in [0.1, 0.15) is 0 Å². The third-order valence-electron chi connectivity index (χ3n) is 2.39. The molecule has 0 bridgehead atoms. The summed E-state index contributed by atoms with van der Waals surface area (Å²) >= 11 is 0. The summed E-state index contributed by atoms with van der Waals surface area (Å²) in [4.78, 5) is 0.292. The molecule has 1 aromatic carbocycles. The Kier molecular flexibility index (Phi) is 4.92. The van der Waals surface area contributed by atoms with Crippen LogP contribution in [0.3, 0.4) is 0 Å². The summed E-state index contributed by atoms with van der Waals surface area (Å²) in [5.74, 6) is 0. The Hall–Kier alpha value is -0.910. The molecule has 0 aliphatic carbocycles. The van der Waals surface area contributed by atoms with Gasteiger partial charge in [0.15, 0.2) is 0 Å². The highest BCUT2D eigenvalue weighted by atomic mass is 32.2. The van der Waals surface area contributed by atoms with Crippen LogP contribution in [0.5, 0.6) is 0 Å². The molecular formula is C11H18N2O2S. The molecule has 0 aliphatic rings. The third-order valence-corrected chi connectivity index (χ3v) is 3.86. The lowest BCUT2D eigenvalue weighted by molar-refractivity contribution is 0.558. The minimum Gasteiger partial charge on any atom is -0.328 e. The van der Waals surface area contributed by atoms with E-state index in [9.17, 15) is 8.42 Å². The Bertz CT molecular complexity index is 403. The summed E-state index contributed by atoms with van der Waals surface area (Å²) < 4.78 is 26.0. The fourth-order valence-corrected chi connectivity index (χ4v) is 2.33. The summed E-state index contributed by atoms with van der Waals surface area (Å²) in [6, 6.07) is 8.38. The van der Waals surface area contributed by atoms with E-state index in [4.69, 9.17) is 5.73 Å². The molecule has 0 radical (unpaired) electrons. The van der Waals surface area contributed by atoms with Crippen LogP contribution in [0.1, 0.15) is 19.8 Å². The van der Waals surface area contributed by atoms with Crippen molar-refractivity contribution in [2.75, 3.05) is 6.54 Å². The highest BCUT2D eigenvalue weighted by Crippen LogP contribution is 2.06. The molecule has 0 saturated heterocycles. The van der Waals surface area contributed by atoms with Crippen LogP contribution in [0.15, 0.2) is 35.2 Å². The SMILES string of the molecule is CCC(N)CCNS(=O)(=O)c1ccccc1. The Morgan fingerprint density at radius 3 is 2.50 bits per heavy atom. The van der Waals surface area contributed by atoms with E-state index in [1.54, 1.807) is 30.3 Å². The fraction of sp³-hybridized carbons (Fsp3) is 0.455. The Morgan fingerprint density at radius 2 is 1.94 bits per heavy atom. The number of rotatable bonds is 6. The van der Waals surface area contributed by atoms with Crippen LogP contribution in [-0.2, 0) is 10.0 Å². The maximum absolute atomic E-state index is 11.8. The van der Waals surface area contributed by atoms with Gasteiger partial charge in [0.05, 0.1) is 4.90 Å². The zero-order chi connectivity index (χ0) is 12.0. The van der Waals surface area contributed by atoms with E-state index >= 15 is 0 Å². The van der Waals surface area contributed by atoms with Crippen molar-refractivity contribution in [1.29, 1.82) is 0 Å². The summed E-state index contributed by atoms with van der Waals surface area (Å²) in [7, 11) is -3.37. The number of nitrogens with two attached hydrogens (primary N) is 1. The van der Waals surface area contributed by atoms with E-state index in [-0.39, 0.29) is 6.04 Å². The first-order valence-corrected chi connectivity index (χ1v) is 6.85. The first kappa shape index (κ1) is 13.2. The van der Waals surface area contributed by atoms with Crippen molar-refractivity contribution in [2.24, 2.45) is 5.73 Å². The van der Waals surface area contributed by atoms with Gasteiger partial charge in [-0.3, -0.25) is 0 Å². The second kappa shape index (κ2) is 5.98. The first-order valence-electron chi connectivity index (χ1n) is 5.36. The smallest absolute Gasteiger partial charge is 0.240 e. The minimum absolute atomic E-state index is 0.0541. The molecule has 1 unspecified atom stereocenters. The average Bonchev–Trinajstić information content (AvgIpc) is 2.30. The zero-order valence-electron chi connectivity index (χ0n) is 9.39. The number of hydrogen-bond acceptors (Lipinski definition) is 3. The molecule has 1 atom stereocenters. The van der Waals surface area contributed by atoms with Gasteiger partial charge in [-0.15, -0.1) is 0 Å². The Morgan fingerprint density at radius 1 is 1.31 bits per heavy atom. The minimum atomic E-state index is -3.37. The van der Waals surface area contributed by atoms with E-state index in [2.05, 4.69) is 4.72 Å². The van der Waals surface area contributed by atoms with Crippen LogP contribution in [0.2, 0.25) is 0 Å². The maximum Gasteiger partial charge on any atom is 0.240 e. The van der Waals surface area contributed by atoms with Crippen LogP contribution < -0.4 is 10.5 Å². The van der Waals surface area contributed by atoms with E-state index in [0.717, 1.165) is 6.42 Å². The van der Waals surface area contributed by atoms with Gasteiger partial charge in [-0.1, -0.05) is 25.1 Å². The molecule has 0 heterocycles. The van der Waals surface area contributed by atoms with Gasteiger partial charge in [-0.05, 0) is 25.0 Å². The molecule has 0 amide bonds. The van der Waals surface area contributed by atoms with Gasteiger partial charge in [0.2, 0.25) is 10.0 Å². The summed E-state index contributed by atoms with van der Waals surface area (Å²) in [5, 5.41) is 0. The molecular weight excluding hydrogens is 224 g/mol. The Balaban J connectivity index is 2.54. The largest absolute Gasteiger partial charge is 0.328 e. The molecule has 0 spiro atoms. The van der Waals surface area contributed by atoms with Crippen molar-refractivity contribution in [3.05, 3.63) is 30.3 Å². The molecule has 4 nitrogen and oxygen atoms in total. The molecule has 1 aromatic rings. The second-order valence-electron chi connectivity index (χ2n) is 3.67. The first-order chi connectivity index (χ1) is 7.56. The number of nitrogens with one attached hydrogen (secondary N) is 1. The molecule has 0 saturated carbocycles. The van der Waals surface area contributed by atoms with E-state index < -0.39 is 10.0 Å². The van der Waals surface area contributed by atoms with Crippen LogP contribution in [0.4, 0.5) is 0 Å². The van der Waals surface area contributed by atoms with Gasteiger partial charge in [0, 0.05) is 12.6 Å². The standard InChI is InChI=1S/C11H18N2O2S/c1-2-10(12)8-9-13-16(14,15)11-6-4-3-5-7-11/h3-7,10,13H,2,8-9,12H2,1H3. The molecule has 3 N–H and O–H groups in total. The Labute approximate surface area is 96.9 Å².